The first kappa shape index (κ1) is 23.7. The van der Waals surface area contributed by atoms with Gasteiger partial charge in [-0.3, -0.25) is 9.13 Å². The maximum absolute atomic E-state index is 13.1. The number of nitrogens with zero attached hydrogens (tertiary/aromatic N) is 5. The van der Waals surface area contributed by atoms with E-state index < -0.39 is 0 Å². The second-order valence-corrected chi connectivity index (χ2v) is 7.50. The number of benzene rings is 1. The van der Waals surface area contributed by atoms with Crippen molar-refractivity contribution in [1.82, 2.24) is 14.1 Å². The number of hydrogen-bond donors (Lipinski definition) is 1. The molecule has 1 fully saturated rings. The zero-order chi connectivity index (χ0) is 19.8. The van der Waals surface area contributed by atoms with Crippen molar-refractivity contribution in [3.8, 4) is 6.07 Å². The van der Waals surface area contributed by atoms with Gasteiger partial charge in [-0.15, -0.1) is 24.8 Å². The Labute approximate surface area is 187 Å². The molecule has 3 heterocycles. The highest BCUT2D eigenvalue weighted by Crippen LogP contribution is 2.29. The number of rotatable bonds is 3. The average Bonchev–Trinajstić information content (AvgIpc) is 2.92. The molecule has 0 amide bonds. The summed E-state index contributed by atoms with van der Waals surface area (Å²) in [4.78, 5) is 20.0. The van der Waals surface area contributed by atoms with Crippen molar-refractivity contribution in [1.29, 1.82) is 5.26 Å². The van der Waals surface area contributed by atoms with Crippen LogP contribution in [0.2, 0.25) is 0 Å². The Kier molecular flexibility index (Phi) is 7.54. The lowest BCUT2D eigenvalue weighted by molar-refractivity contribution is 0.506. The maximum atomic E-state index is 13.1. The number of pyridine rings is 1. The van der Waals surface area contributed by atoms with Crippen LogP contribution in [0.15, 0.2) is 35.1 Å². The van der Waals surface area contributed by atoms with E-state index in [0.717, 1.165) is 48.4 Å². The third-order valence-corrected chi connectivity index (χ3v) is 5.45. The zero-order valence-corrected chi connectivity index (χ0v) is 18.7. The first-order valence-electron chi connectivity index (χ1n) is 9.55. The molecule has 1 atom stereocenters. The Morgan fingerprint density at radius 3 is 2.73 bits per heavy atom. The summed E-state index contributed by atoms with van der Waals surface area (Å²) in [6, 6.07) is 11.8. The van der Waals surface area contributed by atoms with Crippen LogP contribution in [0.5, 0.6) is 0 Å². The number of nitriles is 1. The van der Waals surface area contributed by atoms with Gasteiger partial charge in [-0.1, -0.05) is 18.2 Å². The number of imidazole rings is 1. The lowest BCUT2D eigenvalue weighted by Gasteiger charge is -2.33. The minimum Gasteiger partial charge on any atom is -0.368 e. The van der Waals surface area contributed by atoms with E-state index in [1.54, 1.807) is 22.2 Å². The summed E-state index contributed by atoms with van der Waals surface area (Å²) < 4.78 is 3.32. The molecule has 1 aromatic carbocycles. The molecule has 7 nitrogen and oxygen atoms in total. The number of aromatic nitrogens is 3. The normalized spacial score (nSPS) is 15.9. The van der Waals surface area contributed by atoms with Crippen molar-refractivity contribution in [2.24, 2.45) is 12.8 Å². The summed E-state index contributed by atoms with van der Waals surface area (Å²) in [5.41, 5.74) is 10.8. The molecule has 9 heteroatoms. The molecule has 2 N–H and O–H groups in total. The van der Waals surface area contributed by atoms with Crippen molar-refractivity contribution in [3.63, 3.8) is 0 Å². The van der Waals surface area contributed by atoms with Gasteiger partial charge < -0.3 is 10.6 Å². The monoisotopic (exact) mass is 448 g/mol. The molecule has 4 rings (SSSR count). The van der Waals surface area contributed by atoms with E-state index >= 15 is 0 Å². The predicted molar refractivity (Wildman–Crippen MR) is 124 cm³/mol. The highest BCUT2D eigenvalue weighted by molar-refractivity contribution is 5.87. The van der Waals surface area contributed by atoms with Crippen LogP contribution < -0.4 is 16.3 Å². The lowest BCUT2D eigenvalue weighted by atomic mass is 10.1. The van der Waals surface area contributed by atoms with Crippen LogP contribution in [-0.2, 0) is 13.6 Å². The Hall–Kier alpha value is -2.53. The van der Waals surface area contributed by atoms with Gasteiger partial charge in [0.1, 0.15) is 5.52 Å². The molecule has 1 aliphatic rings. The topological polar surface area (TPSA) is 92.9 Å². The summed E-state index contributed by atoms with van der Waals surface area (Å²) in [6.07, 6.45) is 2.04. The van der Waals surface area contributed by atoms with Gasteiger partial charge in [-0.2, -0.15) is 5.26 Å². The summed E-state index contributed by atoms with van der Waals surface area (Å²) in [5, 5.41) is 9.43. The largest absolute Gasteiger partial charge is 0.368 e. The molecule has 0 aliphatic carbocycles. The standard InChI is InChI=1S/C21H24N6O.2ClH/c1-14-10-18(26-9-5-8-17(23)13-26)19-20(24-14)25(2)21(28)27(19)12-16-7-4-3-6-15(16)11-22;;/h3-4,6-7,10,17H,5,8-9,12-13,23H2,1-2H3;2*1H/t17-;;/m1../s1. The van der Waals surface area contributed by atoms with E-state index in [2.05, 4.69) is 16.0 Å². The molecular weight excluding hydrogens is 423 g/mol. The third-order valence-electron chi connectivity index (χ3n) is 5.45. The fraction of sp³-hybridized carbons (Fsp3) is 0.381. The smallest absolute Gasteiger partial charge is 0.330 e. The van der Waals surface area contributed by atoms with Gasteiger partial charge >= 0.3 is 5.69 Å². The Balaban J connectivity index is 0.00000160. The average molecular weight is 449 g/mol. The zero-order valence-electron chi connectivity index (χ0n) is 17.0. The van der Waals surface area contributed by atoms with E-state index in [9.17, 15) is 10.1 Å². The predicted octanol–water partition coefficient (Wildman–Crippen LogP) is 2.73. The van der Waals surface area contributed by atoms with Gasteiger partial charge in [0.05, 0.1) is 23.9 Å². The van der Waals surface area contributed by atoms with Gasteiger partial charge in [0.2, 0.25) is 0 Å². The van der Waals surface area contributed by atoms with Gasteiger partial charge in [0.25, 0.3) is 0 Å². The summed E-state index contributed by atoms with van der Waals surface area (Å²) in [5.74, 6) is 0. The number of fused-ring (bicyclic) bond motifs is 1. The van der Waals surface area contributed by atoms with Crippen LogP contribution in [0, 0.1) is 18.3 Å². The van der Waals surface area contributed by atoms with Gasteiger partial charge in [0, 0.05) is 31.9 Å². The second kappa shape index (κ2) is 9.52. The number of aryl methyl sites for hydroxylation is 2. The molecule has 0 saturated carbocycles. The Bertz CT molecular complexity index is 1150. The fourth-order valence-electron chi connectivity index (χ4n) is 4.05. The molecule has 0 radical (unpaired) electrons. The summed E-state index contributed by atoms with van der Waals surface area (Å²) in [7, 11) is 1.75. The summed E-state index contributed by atoms with van der Waals surface area (Å²) in [6.45, 7) is 3.94. The molecule has 160 valence electrons. The number of anilines is 1. The molecule has 0 unspecified atom stereocenters. The number of nitrogens with two attached hydrogens (primary N) is 1. The van der Waals surface area contributed by atoms with Crippen LogP contribution in [0.4, 0.5) is 5.69 Å². The fourth-order valence-corrected chi connectivity index (χ4v) is 4.05. The number of piperidine rings is 1. The number of halogens is 2. The van der Waals surface area contributed by atoms with Crippen molar-refractivity contribution in [3.05, 3.63) is 57.6 Å². The summed E-state index contributed by atoms with van der Waals surface area (Å²) >= 11 is 0. The second-order valence-electron chi connectivity index (χ2n) is 7.50. The van der Waals surface area contributed by atoms with E-state index in [0.29, 0.717) is 17.8 Å². The first-order valence-corrected chi connectivity index (χ1v) is 9.55. The molecule has 30 heavy (non-hydrogen) atoms. The minimum absolute atomic E-state index is 0. The van der Waals surface area contributed by atoms with E-state index in [1.165, 1.54) is 0 Å². The molecule has 2 aromatic heterocycles. The van der Waals surface area contributed by atoms with Crippen LogP contribution in [0.1, 0.15) is 29.7 Å². The quantitative estimate of drug-likeness (QED) is 0.664. The van der Waals surface area contributed by atoms with Crippen molar-refractivity contribution < 1.29 is 0 Å². The SMILES string of the molecule is Cc1cc(N2CCC[C@@H](N)C2)c2c(n1)n(C)c(=O)n2Cc1ccccc1C#N.Cl.Cl. The first-order chi connectivity index (χ1) is 13.5. The van der Waals surface area contributed by atoms with Gasteiger partial charge in [-0.05, 0) is 37.5 Å². The van der Waals surface area contributed by atoms with Crippen LogP contribution in [-0.4, -0.2) is 33.2 Å². The van der Waals surface area contributed by atoms with E-state index in [4.69, 9.17) is 5.73 Å². The van der Waals surface area contributed by atoms with E-state index in [1.807, 2.05) is 31.2 Å². The molecular formula is C21H26Cl2N6O. The Morgan fingerprint density at radius 1 is 1.30 bits per heavy atom. The molecule has 1 aliphatic heterocycles. The highest BCUT2D eigenvalue weighted by atomic mass is 35.5. The molecule has 0 bridgehead atoms. The number of hydrogen-bond acceptors (Lipinski definition) is 5. The highest BCUT2D eigenvalue weighted by Gasteiger charge is 2.24. The maximum Gasteiger partial charge on any atom is 0.330 e. The van der Waals surface area contributed by atoms with E-state index in [-0.39, 0.29) is 36.5 Å². The molecule has 3 aromatic rings. The van der Waals surface area contributed by atoms with Gasteiger partial charge in [0.15, 0.2) is 5.65 Å². The molecule has 1 saturated heterocycles. The van der Waals surface area contributed by atoms with Crippen molar-refractivity contribution >= 4 is 41.7 Å². The van der Waals surface area contributed by atoms with Crippen LogP contribution >= 0.6 is 24.8 Å². The lowest BCUT2D eigenvalue weighted by Crippen LogP contribution is -2.43. The van der Waals surface area contributed by atoms with Crippen LogP contribution in [0.3, 0.4) is 0 Å². The third kappa shape index (κ3) is 4.17. The Morgan fingerprint density at radius 2 is 2.03 bits per heavy atom. The van der Waals surface area contributed by atoms with Crippen molar-refractivity contribution in [2.45, 2.75) is 32.4 Å². The minimum atomic E-state index is -0.136. The van der Waals surface area contributed by atoms with Crippen LogP contribution in [0.25, 0.3) is 11.2 Å². The van der Waals surface area contributed by atoms with Crippen molar-refractivity contribution in [2.75, 3.05) is 18.0 Å². The van der Waals surface area contributed by atoms with Gasteiger partial charge in [-0.25, -0.2) is 9.78 Å². The molecule has 0 spiro atoms.